The highest BCUT2D eigenvalue weighted by molar-refractivity contribution is 8.00. The van der Waals surface area contributed by atoms with E-state index in [1.807, 2.05) is 18.2 Å². The van der Waals surface area contributed by atoms with Crippen molar-refractivity contribution in [1.82, 2.24) is 9.97 Å². The monoisotopic (exact) mass is 370 g/mol. The van der Waals surface area contributed by atoms with Gasteiger partial charge in [0.1, 0.15) is 0 Å². The van der Waals surface area contributed by atoms with Gasteiger partial charge in [0.15, 0.2) is 5.16 Å². The van der Waals surface area contributed by atoms with Crippen LogP contribution in [0.3, 0.4) is 0 Å². The molecule has 0 bridgehead atoms. The summed E-state index contributed by atoms with van der Waals surface area (Å²) in [7, 11) is -1.10. The van der Waals surface area contributed by atoms with Crippen molar-refractivity contribution in [2.45, 2.75) is 16.2 Å². The standard InChI is InChI=1S/C16H13F3N2OS2/c17-16(18,19)11-6-7-13-14(10-11)21-15(20-13)23-8-9-24(22)12-4-2-1-3-5-12/h1-7,10H,8-9H2,(H,20,21). The van der Waals surface area contributed by atoms with Gasteiger partial charge < -0.3 is 4.98 Å². The molecule has 1 heterocycles. The highest BCUT2D eigenvalue weighted by Crippen LogP contribution is 2.31. The molecule has 3 rings (SSSR count). The minimum Gasteiger partial charge on any atom is -0.333 e. The summed E-state index contributed by atoms with van der Waals surface area (Å²) in [6.07, 6.45) is -4.38. The number of nitrogens with zero attached hydrogens (tertiary/aromatic N) is 1. The number of aromatic nitrogens is 2. The molecule has 1 atom stereocenters. The molecule has 0 saturated carbocycles. The maximum Gasteiger partial charge on any atom is 0.416 e. The van der Waals surface area contributed by atoms with Crippen molar-refractivity contribution in [3.05, 3.63) is 54.1 Å². The lowest BCUT2D eigenvalue weighted by atomic mass is 10.2. The normalized spacial score (nSPS) is 13.3. The highest BCUT2D eigenvalue weighted by Gasteiger charge is 2.30. The molecule has 0 radical (unpaired) electrons. The Hall–Kier alpha value is -1.80. The van der Waals surface area contributed by atoms with Crippen LogP contribution in [-0.4, -0.2) is 25.7 Å². The van der Waals surface area contributed by atoms with Crippen molar-refractivity contribution >= 4 is 33.6 Å². The van der Waals surface area contributed by atoms with E-state index in [-0.39, 0.29) is 0 Å². The van der Waals surface area contributed by atoms with E-state index in [0.717, 1.165) is 17.0 Å². The van der Waals surface area contributed by atoms with Crippen LogP contribution >= 0.6 is 11.8 Å². The van der Waals surface area contributed by atoms with Crippen LogP contribution < -0.4 is 0 Å². The average molecular weight is 370 g/mol. The molecule has 1 N–H and O–H groups in total. The predicted octanol–water partition coefficient (Wildman–Crippen LogP) is 4.48. The van der Waals surface area contributed by atoms with Crippen LogP contribution in [0.15, 0.2) is 58.6 Å². The number of halogens is 3. The number of H-pyrrole nitrogens is 1. The minimum absolute atomic E-state index is 0.344. The molecule has 0 aliphatic heterocycles. The van der Waals surface area contributed by atoms with E-state index in [2.05, 4.69) is 9.97 Å². The Morgan fingerprint density at radius 2 is 1.88 bits per heavy atom. The van der Waals surface area contributed by atoms with Crippen LogP contribution in [0.5, 0.6) is 0 Å². The molecule has 0 fully saturated rings. The Morgan fingerprint density at radius 1 is 1.12 bits per heavy atom. The fraction of sp³-hybridized carbons (Fsp3) is 0.188. The van der Waals surface area contributed by atoms with Gasteiger partial charge in [0.2, 0.25) is 0 Å². The number of hydrogen-bond acceptors (Lipinski definition) is 3. The lowest BCUT2D eigenvalue weighted by Crippen LogP contribution is -2.04. The molecule has 1 aromatic heterocycles. The molecule has 2 aromatic carbocycles. The van der Waals surface area contributed by atoms with E-state index in [1.54, 1.807) is 12.1 Å². The number of imidazole rings is 1. The van der Waals surface area contributed by atoms with Gasteiger partial charge in [0.25, 0.3) is 0 Å². The first-order chi connectivity index (χ1) is 11.4. The van der Waals surface area contributed by atoms with Crippen LogP contribution in [-0.2, 0) is 17.0 Å². The SMILES string of the molecule is O=S(CCSc1nc2ccc(C(F)(F)F)cc2[nH]1)c1ccccc1. The second kappa shape index (κ2) is 6.98. The van der Waals surface area contributed by atoms with Gasteiger partial charge in [-0.15, -0.1) is 0 Å². The first-order valence-electron chi connectivity index (χ1n) is 7.07. The molecule has 8 heteroatoms. The quantitative estimate of drug-likeness (QED) is 0.674. The molecule has 3 nitrogen and oxygen atoms in total. The van der Waals surface area contributed by atoms with Gasteiger partial charge in [0.05, 0.1) is 27.4 Å². The second-order valence-electron chi connectivity index (χ2n) is 4.98. The Balaban J connectivity index is 1.64. The molecule has 0 aliphatic carbocycles. The Morgan fingerprint density at radius 3 is 2.58 bits per heavy atom. The van der Waals surface area contributed by atoms with Gasteiger partial charge in [0, 0.05) is 16.4 Å². The van der Waals surface area contributed by atoms with E-state index in [9.17, 15) is 17.4 Å². The van der Waals surface area contributed by atoms with Crippen molar-refractivity contribution in [3.63, 3.8) is 0 Å². The summed E-state index contributed by atoms with van der Waals surface area (Å²) in [5.41, 5.74) is 0.117. The van der Waals surface area contributed by atoms with E-state index in [1.165, 1.54) is 17.8 Å². The predicted molar refractivity (Wildman–Crippen MR) is 89.5 cm³/mol. The molecule has 24 heavy (non-hydrogen) atoms. The summed E-state index contributed by atoms with van der Waals surface area (Å²) >= 11 is 1.34. The lowest BCUT2D eigenvalue weighted by molar-refractivity contribution is -0.137. The summed E-state index contributed by atoms with van der Waals surface area (Å²) in [5, 5.41) is 0.523. The fourth-order valence-corrected chi connectivity index (χ4v) is 4.31. The van der Waals surface area contributed by atoms with Gasteiger partial charge >= 0.3 is 6.18 Å². The van der Waals surface area contributed by atoms with Crippen molar-refractivity contribution in [3.8, 4) is 0 Å². The van der Waals surface area contributed by atoms with Gasteiger partial charge in [-0.3, -0.25) is 4.21 Å². The van der Waals surface area contributed by atoms with Crippen LogP contribution in [0.25, 0.3) is 11.0 Å². The van der Waals surface area contributed by atoms with Crippen LogP contribution in [0, 0.1) is 0 Å². The highest BCUT2D eigenvalue weighted by atomic mass is 32.2. The molecule has 0 spiro atoms. The summed E-state index contributed by atoms with van der Waals surface area (Å²) in [6.45, 7) is 0. The lowest BCUT2D eigenvalue weighted by Gasteiger charge is -2.05. The number of fused-ring (bicyclic) bond motifs is 1. The number of rotatable bonds is 5. The molecule has 0 saturated heterocycles. The Labute approximate surface area is 143 Å². The number of benzene rings is 2. The van der Waals surface area contributed by atoms with Crippen molar-refractivity contribution in [2.24, 2.45) is 0 Å². The van der Waals surface area contributed by atoms with E-state index in [0.29, 0.717) is 27.7 Å². The second-order valence-corrected chi connectivity index (χ2v) is 7.64. The zero-order valence-corrected chi connectivity index (χ0v) is 14.0. The van der Waals surface area contributed by atoms with E-state index < -0.39 is 22.5 Å². The largest absolute Gasteiger partial charge is 0.416 e. The molecule has 126 valence electrons. The maximum atomic E-state index is 12.7. The smallest absolute Gasteiger partial charge is 0.333 e. The zero-order chi connectivity index (χ0) is 17.2. The topological polar surface area (TPSA) is 45.8 Å². The van der Waals surface area contributed by atoms with E-state index in [4.69, 9.17) is 0 Å². The number of nitrogens with one attached hydrogen (secondary N) is 1. The Kier molecular flexibility index (Phi) is 4.96. The third-order valence-corrected chi connectivity index (χ3v) is 5.81. The molecular weight excluding hydrogens is 357 g/mol. The first kappa shape index (κ1) is 17.0. The van der Waals surface area contributed by atoms with Crippen molar-refractivity contribution in [2.75, 3.05) is 11.5 Å². The van der Waals surface area contributed by atoms with Gasteiger partial charge in [-0.25, -0.2) is 4.98 Å². The summed E-state index contributed by atoms with van der Waals surface area (Å²) in [5.74, 6) is 0.993. The molecule has 3 aromatic rings. The average Bonchev–Trinajstić information content (AvgIpc) is 2.96. The van der Waals surface area contributed by atoms with E-state index >= 15 is 0 Å². The molecule has 0 aliphatic rings. The van der Waals surface area contributed by atoms with Crippen LogP contribution in [0.1, 0.15) is 5.56 Å². The van der Waals surface area contributed by atoms with Gasteiger partial charge in [-0.1, -0.05) is 30.0 Å². The van der Waals surface area contributed by atoms with Gasteiger partial charge in [-0.2, -0.15) is 13.2 Å². The first-order valence-corrected chi connectivity index (χ1v) is 9.37. The molecule has 1 unspecified atom stereocenters. The Bertz CT molecular complexity index is 863. The number of thioether (sulfide) groups is 1. The summed E-state index contributed by atoms with van der Waals surface area (Å²) in [6, 6.07) is 12.5. The molecule has 0 amide bonds. The van der Waals surface area contributed by atoms with Crippen LogP contribution in [0.4, 0.5) is 13.2 Å². The third-order valence-electron chi connectivity index (χ3n) is 3.30. The zero-order valence-electron chi connectivity index (χ0n) is 12.3. The van der Waals surface area contributed by atoms with Crippen LogP contribution in [0.2, 0.25) is 0 Å². The maximum absolute atomic E-state index is 12.7. The summed E-state index contributed by atoms with van der Waals surface area (Å²) in [4.78, 5) is 7.88. The van der Waals surface area contributed by atoms with Gasteiger partial charge in [-0.05, 0) is 30.3 Å². The van der Waals surface area contributed by atoms with Crippen molar-refractivity contribution < 1.29 is 17.4 Å². The number of hydrogen-bond donors (Lipinski definition) is 1. The minimum atomic E-state index is -4.38. The number of alkyl halides is 3. The third kappa shape index (κ3) is 3.99. The molecular formula is C16H13F3N2OS2. The fourth-order valence-electron chi connectivity index (χ4n) is 2.14. The van der Waals surface area contributed by atoms with Crippen molar-refractivity contribution in [1.29, 1.82) is 0 Å². The summed E-state index contributed by atoms with van der Waals surface area (Å²) < 4.78 is 50.2. The number of aromatic amines is 1.